The lowest BCUT2D eigenvalue weighted by molar-refractivity contribution is -0.153. The molecule has 0 saturated carbocycles. The lowest BCUT2D eigenvalue weighted by Gasteiger charge is -2.13. The molecule has 43 heavy (non-hydrogen) atoms. The van der Waals surface area contributed by atoms with E-state index in [4.69, 9.17) is 14.2 Å². The van der Waals surface area contributed by atoms with Gasteiger partial charge in [0.2, 0.25) is 0 Å². The molecule has 0 radical (unpaired) electrons. The highest BCUT2D eigenvalue weighted by Crippen LogP contribution is 2.23. The van der Waals surface area contributed by atoms with Crippen molar-refractivity contribution in [2.45, 2.75) is 84.7 Å². The highest BCUT2D eigenvalue weighted by Gasteiger charge is 2.20. The van der Waals surface area contributed by atoms with E-state index in [1.54, 1.807) is 12.1 Å². The number of carbonyl (C=O) groups excluding carboxylic acids is 4. The Hall–Kier alpha value is -4.26. The Kier molecular flexibility index (Phi) is 13.6. The summed E-state index contributed by atoms with van der Waals surface area (Å²) in [5.74, 6) is -1.38. The Morgan fingerprint density at radius 1 is 0.605 bits per heavy atom. The van der Waals surface area contributed by atoms with Gasteiger partial charge in [-0.1, -0.05) is 88.8 Å². The summed E-state index contributed by atoms with van der Waals surface area (Å²) in [4.78, 5) is 49.5. The molecule has 228 valence electrons. The summed E-state index contributed by atoms with van der Waals surface area (Å²) in [6.45, 7) is 5.93. The standard InChI is InChI=1S/C36H42O7/c1-4-6-8-9-10-11-12-33(37)29-17-13-27(14-18-29)28-15-19-30(20-16-28)36(40)43-32-23-21-31(22-24-32)35(39)42-26(3)34(38)41-25-7-5-2/h13-24,26H,4-12,25H2,1-3H3. The van der Waals surface area contributed by atoms with Crippen LogP contribution in [0, 0.1) is 0 Å². The quantitative estimate of drug-likeness (QED) is 0.0678. The first-order chi connectivity index (χ1) is 20.8. The van der Waals surface area contributed by atoms with Crippen molar-refractivity contribution in [3.8, 4) is 16.9 Å². The lowest BCUT2D eigenvalue weighted by atomic mass is 9.99. The van der Waals surface area contributed by atoms with Gasteiger partial charge in [-0.25, -0.2) is 14.4 Å². The van der Waals surface area contributed by atoms with Crippen LogP contribution in [0.4, 0.5) is 0 Å². The number of rotatable bonds is 17. The van der Waals surface area contributed by atoms with Crippen LogP contribution in [-0.2, 0) is 14.3 Å². The summed E-state index contributed by atoms with van der Waals surface area (Å²) < 4.78 is 15.7. The maximum atomic E-state index is 12.7. The van der Waals surface area contributed by atoms with E-state index in [0.29, 0.717) is 12.0 Å². The van der Waals surface area contributed by atoms with E-state index in [1.165, 1.54) is 56.9 Å². The molecule has 3 aromatic carbocycles. The number of ketones is 1. The monoisotopic (exact) mass is 586 g/mol. The number of unbranched alkanes of at least 4 members (excludes halogenated alkanes) is 6. The van der Waals surface area contributed by atoms with Gasteiger partial charge in [0.1, 0.15) is 5.75 Å². The Balaban J connectivity index is 1.49. The SMILES string of the molecule is CCCCCCCCC(=O)c1ccc(-c2ccc(C(=O)Oc3ccc(C(=O)OC(C)C(=O)OCCCC)cc3)cc2)cc1. The first-order valence-corrected chi connectivity index (χ1v) is 15.3. The largest absolute Gasteiger partial charge is 0.463 e. The molecule has 0 amide bonds. The molecule has 1 atom stereocenters. The zero-order valence-corrected chi connectivity index (χ0v) is 25.4. The average Bonchev–Trinajstić information content (AvgIpc) is 3.03. The maximum absolute atomic E-state index is 12.7. The van der Waals surface area contributed by atoms with Crippen LogP contribution in [0.2, 0.25) is 0 Å². The van der Waals surface area contributed by atoms with E-state index in [2.05, 4.69) is 6.92 Å². The molecule has 7 heteroatoms. The van der Waals surface area contributed by atoms with Gasteiger partial charge < -0.3 is 14.2 Å². The van der Waals surface area contributed by atoms with Crippen LogP contribution in [0.1, 0.15) is 110 Å². The Labute approximate surface area is 254 Å². The maximum Gasteiger partial charge on any atom is 0.347 e. The first kappa shape index (κ1) is 33.2. The Morgan fingerprint density at radius 3 is 1.72 bits per heavy atom. The number of benzene rings is 3. The van der Waals surface area contributed by atoms with Crippen LogP contribution < -0.4 is 4.74 Å². The van der Waals surface area contributed by atoms with Crippen molar-refractivity contribution in [2.75, 3.05) is 6.61 Å². The van der Waals surface area contributed by atoms with E-state index in [9.17, 15) is 19.2 Å². The number of Topliss-reactive ketones (excluding diaryl/α,β-unsaturated/α-hetero) is 1. The van der Waals surface area contributed by atoms with Gasteiger partial charge in [-0.2, -0.15) is 0 Å². The molecule has 0 aliphatic carbocycles. The number of ether oxygens (including phenoxy) is 3. The van der Waals surface area contributed by atoms with E-state index in [-0.39, 0.29) is 23.7 Å². The second-order valence-electron chi connectivity index (χ2n) is 10.6. The van der Waals surface area contributed by atoms with Crippen LogP contribution in [0.25, 0.3) is 11.1 Å². The molecule has 0 aliphatic rings. The van der Waals surface area contributed by atoms with Crippen LogP contribution in [0.3, 0.4) is 0 Å². The molecule has 7 nitrogen and oxygen atoms in total. The predicted octanol–water partition coefficient (Wildman–Crippen LogP) is 8.39. The Bertz CT molecular complexity index is 1330. The second-order valence-corrected chi connectivity index (χ2v) is 10.6. The van der Waals surface area contributed by atoms with Gasteiger partial charge in [-0.15, -0.1) is 0 Å². The third-order valence-corrected chi connectivity index (χ3v) is 7.08. The lowest BCUT2D eigenvalue weighted by Crippen LogP contribution is -2.26. The second kappa shape index (κ2) is 17.6. The molecule has 1 unspecified atom stereocenters. The number of hydrogen-bond acceptors (Lipinski definition) is 7. The first-order valence-electron chi connectivity index (χ1n) is 15.3. The molecule has 0 saturated heterocycles. The molecular weight excluding hydrogens is 544 g/mol. The minimum atomic E-state index is -1.03. The number of esters is 3. The smallest absolute Gasteiger partial charge is 0.347 e. The molecule has 0 aromatic heterocycles. The highest BCUT2D eigenvalue weighted by atomic mass is 16.6. The van der Waals surface area contributed by atoms with Gasteiger partial charge in [0.25, 0.3) is 0 Å². The summed E-state index contributed by atoms with van der Waals surface area (Å²) in [6.07, 6.45) is 8.10. The number of hydrogen-bond donors (Lipinski definition) is 0. The molecule has 0 heterocycles. The molecule has 0 aliphatic heterocycles. The number of carbonyl (C=O) groups is 4. The topological polar surface area (TPSA) is 96.0 Å². The van der Waals surface area contributed by atoms with Crippen molar-refractivity contribution in [1.82, 2.24) is 0 Å². The van der Waals surface area contributed by atoms with Gasteiger partial charge in [-0.3, -0.25) is 4.79 Å². The fraction of sp³-hybridized carbons (Fsp3) is 0.389. The summed E-state index contributed by atoms with van der Waals surface area (Å²) >= 11 is 0. The van der Waals surface area contributed by atoms with E-state index in [0.717, 1.165) is 42.4 Å². The summed E-state index contributed by atoms with van der Waals surface area (Å²) in [5, 5.41) is 0. The van der Waals surface area contributed by atoms with Crippen molar-refractivity contribution >= 4 is 23.7 Å². The minimum absolute atomic E-state index is 0.169. The minimum Gasteiger partial charge on any atom is -0.463 e. The Morgan fingerprint density at radius 2 is 1.12 bits per heavy atom. The molecule has 0 spiro atoms. The van der Waals surface area contributed by atoms with Gasteiger partial charge in [0.15, 0.2) is 11.9 Å². The van der Waals surface area contributed by atoms with Gasteiger partial charge in [-0.05, 0) is 67.3 Å². The molecule has 0 bridgehead atoms. The highest BCUT2D eigenvalue weighted by molar-refractivity contribution is 5.96. The van der Waals surface area contributed by atoms with Gasteiger partial charge in [0, 0.05) is 12.0 Å². The third kappa shape index (κ3) is 10.8. The predicted molar refractivity (Wildman–Crippen MR) is 166 cm³/mol. The van der Waals surface area contributed by atoms with Crippen molar-refractivity contribution in [3.05, 3.63) is 89.5 Å². The van der Waals surface area contributed by atoms with E-state index < -0.39 is 24.0 Å². The summed E-state index contributed by atoms with van der Waals surface area (Å²) in [6, 6.07) is 20.5. The van der Waals surface area contributed by atoms with Crippen LogP contribution in [0.15, 0.2) is 72.8 Å². The molecule has 3 rings (SSSR count). The van der Waals surface area contributed by atoms with Gasteiger partial charge in [0.05, 0.1) is 17.7 Å². The zero-order chi connectivity index (χ0) is 31.0. The van der Waals surface area contributed by atoms with Crippen molar-refractivity contribution < 1.29 is 33.4 Å². The zero-order valence-electron chi connectivity index (χ0n) is 25.4. The molecule has 0 N–H and O–H groups in total. The third-order valence-electron chi connectivity index (χ3n) is 7.08. The van der Waals surface area contributed by atoms with E-state index in [1.807, 2.05) is 43.3 Å². The van der Waals surface area contributed by atoms with Crippen molar-refractivity contribution in [3.63, 3.8) is 0 Å². The summed E-state index contributed by atoms with van der Waals surface area (Å²) in [7, 11) is 0. The van der Waals surface area contributed by atoms with Gasteiger partial charge >= 0.3 is 17.9 Å². The average molecular weight is 587 g/mol. The summed E-state index contributed by atoms with van der Waals surface area (Å²) in [5.41, 5.74) is 3.16. The van der Waals surface area contributed by atoms with Crippen molar-refractivity contribution in [1.29, 1.82) is 0 Å². The molecular formula is C36H42O7. The fourth-order valence-electron chi connectivity index (χ4n) is 4.39. The van der Waals surface area contributed by atoms with E-state index >= 15 is 0 Å². The normalized spacial score (nSPS) is 11.4. The molecule has 0 fully saturated rings. The fourth-order valence-corrected chi connectivity index (χ4v) is 4.39. The van der Waals surface area contributed by atoms with Crippen LogP contribution >= 0.6 is 0 Å². The van der Waals surface area contributed by atoms with Crippen molar-refractivity contribution in [2.24, 2.45) is 0 Å². The molecule has 3 aromatic rings. The van der Waals surface area contributed by atoms with Crippen LogP contribution in [0.5, 0.6) is 5.75 Å². The van der Waals surface area contributed by atoms with Crippen LogP contribution in [-0.4, -0.2) is 36.4 Å².